The van der Waals surface area contributed by atoms with Crippen LogP contribution in [-0.2, 0) is 6.18 Å². The van der Waals surface area contributed by atoms with Gasteiger partial charge in [-0.25, -0.2) is 0 Å². The van der Waals surface area contributed by atoms with Crippen molar-refractivity contribution in [2.24, 2.45) is 0 Å². The van der Waals surface area contributed by atoms with Gasteiger partial charge in [0.15, 0.2) is 5.78 Å². The highest BCUT2D eigenvalue weighted by molar-refractivity contribution is 6.08. The molecule has 0 N–H and O–H groups in total. The van der Waals surface area contributed by atoms with E-state index in [2.05, 4.69) is 0 Å². The number of rotatable bonds is 3. The molecule has 4 heteroatoms. The van der Waals surface area contributed by atoms with E-state index in [9.17, 15) is 18.0 Å². The second kappa shape index (κ2) is 5.17. The van der Waals surface area contributed by atoms with Gasteiger partial charge in [-0.05, 0) is 31.1 Å². The smallest absolute Gasteiger partial charge is 0.289 e. The highest BCUT2D eigenvalue weighted by atomic mass is 19.4. The van der Waals surface area contributed by atoms with Gasteiger partial charge in [0.05, 0.1) is 5.56 Å². The summed E-state index contributed by atoms with van der Waals surface area (Å²) in [6.07, 6.45) is -2.12. The Kier molecular flexibility index (Phi) is 4.10. The largest absolute Gasteiger partial charge is 0.416 e. The number of alkyl halides is 3. The first kappa shape index (κ1) is 13.5. The lowest BCUT2D eigenvalue weighted by molar-refractivity contribution is -0.137. The zero-order chi connectivity index (χ0) is 13.1. The average molecular weight is 242 g/mol. The van der Waals surface area contributed by atoms with Gasteiger partial charge in [0.1, 0.15) is 0 Å². The minimum atomic E-state index is -4.37. The zero-order valence-corrected chi connectivity index (χ0v) is 9.64. The lowest BCUT2D eigenvalue weighted by Crippen LogP contribution is -2.07. The molecule has 0 aliphatic carbocycles. The molecule has 0 fully saturated rings. The summed E-state index contributed by atoms with van der Waals surface area (Å²) >= 11 is 0. The van der Waals surface area contributed by atoms with Gasteiger partial charge in [0, 0.05) is 5.56 Å². The summed E-state index contributed by atoms with van der Waals surface area (Å²) in [6, 6.07) is 4.28. The van der Waals surface area contributed by atoms with E-state index in [-0.39, 0.29) is 11.3 Å². The number of benzene rings is 1. The Morgan fingerprint density at radius 2 is 1.76 bits per heavy atom. The Morgan fingerprint density at radius 1 is 1.24 bits per heavy atom. The van der Waals surface area contributed by atoms with E-state index in [1.807, 2.05) is 6.92 Å². The summed E-state index contributed by atoms with van der Waals surface area (Å²) < 4.78 is 36.9. The van der Waals surface area contributed by atoms with Crippen LogP contribution in [0.3, 0.4) is 0 Å². The van der Waals surface area contributed by atoms with Crippen LogP contribution in [0.1, 0.15) is 36.2 Å². The number of ketones is 1. The number of hydrogen-bond acceptors (Lipinski definition) is 1. The van der Waals surface area contributed by atoms with Gasteiger partial charge in [0.2, 0.25) is 0 Å². The van der Waals surface area contributed by atoms with Crippen LogP contribution in [0.5, 0.6) is 0 Å². The Morgan fingerprint density at radius 3 is 2.12 bits per heavy atom. The van der Waals surface area contributed by atoms with Crippen molar-refractivity contribution in [2.45, 2.75) is 26.4 Å². The van der Waals surface area contributed by atoms with Gasteiger partial charge in [-0.15, -0.1) is 0 Å². The summed E-state index contributed by atoms with van der Waals surface area (Å²) in [6.45, 7) is 3.57. The minimum Gasteiger partial charge on any atom is -0.289 e. The van der Waals surface area contributed by atoms with E-state index in [1.54, 1.807) is 13.0 Å². The number of Topliss-reactive ketones (excluding diaryl/α,β-unsaturated/α-hetero) is 1. The Labute approximate surface area is 98.0 Å². The fraction of sp³-hybridized carbons (Fsp3) is 0.308. The molecule has 0 amide bonds. The van der Waals surface area contributed by atoms with Crippen molar-refractivity contribution in [1.82, 2.24) is 0 Å². The van der Waals surface area contributed by atoms with E-state index >= 15 is 0 Å². The normalized spacial score (nSPS) is 12.6. The van der Waals surface area contributed by atoms with Crippen molar-refractivity contribution in [3.63, 3.8) is 0 Å². The van der Waals surface area contributed by atoms with E-state index in [4.69, 9.17) is 0 Å². The monoisotopic (exact) mass is 242 g/mol. The van der Waals surface area contributed by atoms with Gasteiger partial charge < -0.3 is 0 Å². The number of hydrogen-bond donors (Lipinski definition) is 0. The maximum Gasteiger partial charge on any atom is 0.416 e. The maximum absolute atomic E-state index is 12.3. The molecule has 0 unspecified atom stereocenters. The molecule has 0 saturated heterocycles. The number of halogens is 3. The average Bonchev–Trinajstić information content (AvgIpc) is 2.29. The fourth-order valence-corrected chi connectivity index (χ4v) is 1.49. The molecule has 0 aliphatic heterocycles. The molecule has 0 heterocycles. The predicted octanol–water partition coefficient (Wildman–Crippen LogP) is 4.24. The SMILES string of the molecule is C/C=C(/CC)C(=O)c1ccc(C(F)(F)F)cc1. The molecule has 0 aromatic heterocycles. The lowest BCUT2D eigenvalue weighted by Gasteiger charge is -2.08. The lowest BCUT2D eigenvalue weighted by atomic mass is 10.0. The summed E-state index contributed by atoms with van der Waals surface area (Å²) in [5.74, 6) is -0.219. The van der Waals surface area contributed by atoms with Crippen molar-refractivity contribution >= 4 is 5.78 Å². The molecule has 0 spiro atoms. The van der Waals surface area contributed by atoms with E-state index in [1.165, 1.54) is 12.1 Å². The predicted molar refractivity (Wildman–Crippen MR) is 59.8 cm³/mol. The molecule has 92 valence electrons. The van der Waals surface area contributed by atoms with Crippen molar-refractivity contribution < 1.29 is 18.0 Å². The first-order valence-corrected chi connectivity index (χ1v) is 5.27. The van der Waals surface area contributed by atoms with E-state index in [0.717, 1.165) is 12.1 Å². The third-order valence-electron chi connectivity index (χ3n) is 2.50. The molecule has 1 rings (SSSR count). The fourth-order valence-electron chi connectivity index (χ4n) is 1.49. The Balaban J connectivity index is 3.00. The molecule has 0 radical (unpaired) electrons. The van der Waals surface area contributed by atoms with Gasteiger partial charge >= 0.3 is 6.18 Å². The molecule has 0 saturated carbocycles. The van der Waals surface area contributed by atoms with Crippen LogP contribution >= 0.6 is 0 Å². The van der Waals surface area contributed by atoms with Gasteiger partial charge in [0.25, 0.3) is 0 Å². The number of carbonyl (C=O) groups excluding carboxylic acids is 1. The third kappa shape index (κ3) is 3.19. The van der Waals surface area contributed by atoms with Crippen LogP contribution < -0.4 is 0 Å². The van der Waals surface area contributed by atoms with Crippen molar-refractivity contribution in [1.29, 1.82) is 0 Å². The summed E-state index contributed by atoms with van der Waals surface area (Å²) in [7, 11) is 0. The van der Waals surface area contributed by atoms with Crippen LogP contribution in [0, 0.1) is 0 Å². The zero-order valence-electron chi connectivity index (χ0n) is 9.64. The minimum absolute atomic E-state index is 0.219. The molecule has 0 atom stereocenters. The highest BCUT2D eigenvalue weighted by Gasteiger charge is 2.30. The van der Waals surface area contributed by atoms with Crippen molar-refractivity contribution in [3.05, 3.63) is 47.0 Å². The number of allylic oxidation sites excluding steroid dienone is 2. The van der Waals surface area contributed by atoms with Crippen LogP contribution in [0.25, 0.3) is 0 Å². The molecule has 0 aliphatic rings. The van der Waals surface area contributed by atoms with Gasteiger partial charge in [-0.1, -0.05) is 25.1 Å². The van der Waals surface area contributed by atoms with Crippen LogP contribution in [0.4, 0.5) is 13.2 Å². The molecule has 1 aromatic carbocycles. The van der Waals surface area contributed by atoms with Crippen LogP contribution in [0.15, 0.2) is 35.9 Å². The molecule has 17 heavy (non-hydrogen) atoms. The van der Waals surface area contributed by atoms with Crippen molar-refractivity contribution in [3.8, 4) is 0 Å². The standard InChI is InChI=1S/C13H13F3O/c1-3-9(4-2)12(17)10-5-7-11(8-6-10)13(14,15)16/h3,5-8H,4H2,1-2H3/b9-3-. The Hall–Kier alpha value is -1.58. The maximum atomic E-state index is 12.3. The molecule has 1 aromatic rings. The van der Waals surface area contributed by atoms with Crippen LogP contribution in [0.2, 0.25) is 0 Å². The first-order chi connectivity index (χ1) is 7.90. The van der Waals surface area contributed by atoms with E-state index < -0.39 is 11.7 Å². The topological polar surface area (TPSA) is 17.1 Å². The Bertz CT molecular complexity index is 427. The second-order valence-electron chi connectivity index (χ2n) is 3.57. The van der Waals surface area contributed by atoms with Gasteiger partial charge in [-0.3, -0.25) is 4.79 Å². The molecular weight excluding hydrogens is 229 g/mol. The van der Waals surface area contributed by atoms with E-state index in [0.29, 0.717) is 12.0 Å². The van der Waals surface area contributed by atoms with Crippen LogP contribution in [-0.4, -0.2) is 5.78 Å². The second-order valence-corrected chi connectivity index (χ2v) is 3.57. The molecule has 0 bridgehead atoms. The summed E-state index contributed by atoms with van der Waals surface area (Å²) in [5, 5.41) is 0. The molecule has 1 nitrogen and oxygen atoms in total. The molecular formula is C13H13F3O. The number of carbonyl (C=O) groups is 1. The first-order valence-electron chi connectivity index (χ1n) is 5.27. The quantitative estimate of drug-likeness (QED) is 0.572. The van der Waals surface area contributed by atoms with Crippen molar-refractivity contribution in [2.75, 3.05) is 0 Å². The highest BCUT2D eigenvalue weighted by Crippen LogP contribution is 2.29. The van der Waals surface area contributed by atoms with Gasteiger partial charge in [-0.2, -0.15) is 13.2 Å². The summed E-state index contributed by atoms with van der Waals surface area (Å²) in [4.78, 5) is 11.8. The third-order valence-corrected chi connectivity index (χ3v) is 2.50. The summed E-state index contributed by atoms with van der Waals surface area (Å²) in [5.41, 5.74) is 0.144.